The van der Waals surface area contributed by atoms with E-state index in [1.54, 1.807) is 0 Å². The molecular weight excluding hydrogens is 380 g/mol. The van der Waals surface area contributed by atoms with Crippen molar-refractivity contribution in [1.29, 1.82) is 0 Å². The lowest BCUT2D eigenvalue weighted by Crippen LogP contribution is -2.21. The standard InChI is InChI=1S/C28H28N2O/c1-3-9-26-20(7-1)12-14-22(26)17-24-19-25(30(29-24)28-11-5-6-16-31-28)18-23-15-13-21-8-2-4-10-27(21)23/h1-4,7-10,14-15,19,28H,5-6,11-13,16-18H2. The first-order valence-corrected chi connectivity index (χ1v) is 11.6. The van der Waals surface area contributed by atoms with Gasteiger partial charge in [-0.3, -0.25) is 0 Å². The number of rotatable bonds is 5. The minimum absolute atomic E-state index is 0.0691. The van der Waals surface area contributed by atoms with Crippen LogP contribution in [0.4, 0.5) is 0 Å². The fourth-order valence-electron chi connectivity index (χ4n) is 5.31. The van der Waals surface area contributed by atoms with Crippen LogP contribution in [0.1, 0.15) is 59.1 Å². The van der Waals surface area contributed by atoms with Crippen molar-refractivity contribution in [3.8, 4) is 0 Å². The van der Waals surface area contributed by atoms with Gasteiger partial charge in [-0.15, -0.1) is 0 Å². The van der Waals surface area contributed by atoms with Crippen molar-refractivity contribution in [2.45, 2.75) is 51.2 Å². The summed E-state index contributed by atoms with van der Waals surface area (Å²) >= 11 is 0. The third-order valence-electron chi connectivity index (χ3n) is 6.90. The Kier molecular flexibility index (Phi) is 4.84. The number of aromatic nitrogens is 2. The lowest BCUT2D eigenvalue weighted by atomic mass is 10.0. The molecule has 1 fully saturated rings. The molecule has 1 atom stereocenters. The quantitative estimate of drug-likeness (QED) is 0.522. The molecule has 1 saturated heterocycles. The van der Waals surface area contributed by atoms with Gasteiger partial charge in [0.25, 0.3) is 0 Å². The molecule has 0 N–H and O–H groups in total. The molecule has 0 saturated carbocycles. The Morgan fingerprint density at radius 3 is 2.19 bits per heavy atom. The smallest absolute Gasteiger partial charge is 0.150 e. The molecule has 6 rings (SSSR count). The van der Waals surface area contributed by atoms with Crippen molar-refractivity contribution in [2.24, 2.45) is 0 Å². The maximum absolute atomic E-state index is 6.14. The number of benzene rings is 2. The zero-order valence-corrected chi connectivity index (χ0v) is 17.9. The molecule has 0 radical (unpaired) electrons. The molecule has 1 unspecified atom stereocenters. The minimum atomic E-state index is 0.0691. The molecule has 0 spiro atoms. The molecule has 2 aromatic carbocycles. The minimum Gasteiger partial charge on any atom is -0.357 e. The highest BCUT2D eigenvalue weighted by atomic mass is 16.5. The molecule has 1 aromatic heterocycles. The molecule has 2 aliphatic carbocycles. The molecule has 3 heteroatoms. The van der Waals surface area contributed by atoms with Crippen LogP contribution in [0.15, 0.2) is 66.7 Å². The van der Waals surface area contributed by atoms with Gasteiger partial charge in [0.1, 0.15) is 6.23 Å². The number of hydrogen-bond acceptors (Lipinski definition) is 2. The Morgan fingerprint density at radius 2 is 1.52 bits per heavy atom. The predicted molar refractivity (Wildman–Crippen MR) is 125 cm³/mol. The van der Waals surface area contributed by atoms with E-state index in [0.717, 1.165) is 50.8 Å². The topological polar surface area (TPSA) is 27.1 Å². The normalized spacial score (nSPS) is 19.7. The largest absolute Gasteiger partial charge is 0.357 e. The monoisotopic (exact) mass is 408 g/mol. The van der Waals surface area contributed by atoms with Gasteiger partial charge < -0.3 is 4.74 Å². The highest BCUT2D eigenvalue weighted by Gasteiger charge is 2.24. The first kappa shape index (κ1) is 18.8. The Labute approximate surface area is 184 Å². The summed E-state index contributed by atoms with van der Waals surface area (Å²) in [6.45, 7) is 0.837. The van der Waals surface area contributed by atoms with Crippen LogP contribution in [-0.2, 0) is 30.4 Å². The Morgan fingerprint density at radius 1 is 0.839 bits per heavy atom. The van der Waals surface area contributed by atoms with E-state index in [0.29, 0.717) is 0 Å². The second-order valence-electron chi connectivity index (χ2n) is 8.93. The van der Waals surface area contributed by atoms with Gasteiger partial charge in [0, 0.05) is 25.1 Å². The van der Waals surface area contributed by atoms with Crippen LogP contribution < -0.4 is 0 Å². The van der Waals surface area contributed by atoms with E-state index in [2.05, 4.69) is 71.4 Å². The van der Waals surface area contributed by atoms with Crippen molar-refractivity contribution in [3.05, 3.63) is 100 Å². The number of ether oxygens (including phenoxy) is 1. The summed E-state index contributed by atoms with van der Waals surface area (Å²) in [5, 5.41) is 5.09. The third kappa shape index (κ3) is 3.57. The van der Waals surface area contributed by atoms with Gasteiger partial charge >= 0.3 is 0 Å². The Hall–Kier alpha value is -2.91. The van der Waals surface area contributed by atoms with E-state index in [4.69, 9.17) is 9.84 Å². The predicted octanol–water partition coefficient (Wildman–Crippen LogP) is 5.95. The molecule has 1 aliphatic heterocycles. The summed E-state index contributed by atoms with van der Waals surface area (Å²) in [6.07, 6.45) is 12.1. The fraction of sp³-hybridized carbons (Fsp3) is 0.321. The Balaban J connectivity index is 1.31. The molecule has 0 amide bonds. The van der Waals surface area contributed by atoms with Crippen LogP contribution in [0.3, 0.4) is 0 Å². The lowest BCUT2D eigenvalue weighted by molar-refractivity contribution is -0.0410. The summed E-state index contributed by atoms with van der Waals surface area (Å²) in [7, 11) is 0. The van der Waals surface area contributed by atoms with E-state index >= 15 is 0 Å². The van der Waals surface area contributed by atoms with Crippen molar-refractivity contribution < 1.29 is 4.74 Å². The summed E-state index contributed by atoms with van der Waals surface area (Å²) < 4.78 is 8.34. The molecule has 31 heavy (non-hydrogen) atoms. The van der Waals surface area contributed by atoms with Crippen LogP contribution >= 0.6 is 0 Å². The summed E-state index contributed by atoms with van der Waals surface area (Å²) in [4.78, 5) is 0. The SMILES string of the molecule is C1=C(Cc2cc(CC3=CCc4ccccc43)n(C3CCCCO3)n2)c2ccccc2C1. The number of hydrogen-bond donors (Lipinski definition) is 0. The van der Waals surface area contributed by atoms with Gasteiger partial charge in [0.15, 0.2) is 0 Å². The second-order valence-corrected chi connectivity index (χ2v) is 8.93. The average Bonchev–Trinajstić information content (AvgIpc) is 3.53. The molecule has 156 valence electrons. The van der Waals surface area contributed by atoms with Gasteiger partial charge in [-0.1, -0.05) is 60.7 Å². The van der Waals surface area contributed by atoms with Gasteiger partial charge in [0.05, 0.1) is 5.69 Å². The maximum atomic E-state index is 6.14. The van der Waals surface area contributed by atoms with E-state index in [-0.39, 0.29) is 6.23 Å². The molecule has 3 nitrogen and oxygen atoms in total. The first-order chi connectivity index (χ1) is 15.3. The zero-order chi connectivity index (χ0) is 20.6. The van der Waals surface area contributed by atoms with Crippen molar-refractivity contribution in [1.82, 2.24) is 9.78 Å². The molecular formula is C28H28N2O. The highest BCUT2D eigenvalue weighted by molar-refractivity contribution is 5.75. The second kappa shape index (κ2) is 7.97. The molecule has 0 bridgehead atoms. The van der Waals surface area contributed by atoms with Crippen LogP contribution in [0, 0.1) is 0 Å². The first-order valence-electron chi connectivity index (χ1n) is 11.6. The summed E-state index contributed by atoms with van der Waals surface area (Å²) in [5.41, 5.74) is 10.9. The van der Waals surface area contributed by atoms with Crippen molar-refractivity contribution in [3.63, 3.8) is 0 Å². The van der Waals surface area contributed by atoms with Gasteiger partial charge in [-0.05, 0) is 71.6 Å². The van der Waals surface area contributed by atoms with E-state index in [9.17, 15) is 0 Å². The van der Waals surface area contributed by atoms with Gasteiger partial charge in [0.2, 0.25) is 0 Å². The van der Waals surface area contributed by atoms with Gasteiger partial charge in [-0.25, -0.2) is 4.68 Å². The van der Waals surface area contributed by atoms with Crippen molar-refractivity contribution >= 4 is 11.1 Å². The third-order valence-corrected chi connectivity index (χ3v) is 6.90. The molecule has 3 aromatic rings. The van der Waals surface area contributed by atoms with E-state index in [1.807, 2.05) is 0 Å². The number of allylic oxidation sites excluding steroid dienone is 4. The van der Waals surface area contributed by atoms with Crippen LogP contribution in [0.5, 0.6) is 0 Å². The highest BCUT2D eigenvalue weighted by Crippen LogP contribution is 2.34. The van der Waals surface area contributed by atoms with Crippen LogP contribution in [0.2, 0.25) is 0 Å². The van der Waals surface area contributed by atoms with Crippen LogP contribution in [0.25, 0.3) is 11.1 Å². The van der Waals surface area contributed by atoms with E-state index in [1.165, 1.54) is 45.5 Å². The molecule has 2 heterocycles. The fourth-order valence-corrected chi connectivity index (χ4v) is 5.31. The van der Waals surface area contributed by atoms with Crippen LogP contribution in [-0.4, -0.2) is 16.4 Å². The zero-order valence-electron chi connectivity index (χ0n) is 17.9. The van der Waals surface area contributed by atoms with Gasteiger partial charge in [-0.2, -0.15) is 5.10 Å². The molecule has 3 aliphatic rings. The maximum Gasteiger partial charge on any atom is 0.150 e. The number of fused-ring (bicyclic) bond motifs is 2. The van der Waals surface area contributed by atoms with Crippen molar-refractivity contribution in [2.75, 3.05) is 6.61 Å². The average molecular weight is 409 g/mol. The number of nitrogens with zero attached hydrogens (tertiary/aromatic N) is 2. The summed E-state index contributed by atoms with van der Waals surface area (Å²) in [6, 6.07) is 19.9. The lowest BCUT2D eigenvalue weighted by Gasteiger charge is -2.24. The van der Waals surface area contributed by atoms with E-state index < -0.39 is 0 Å². The summed E-state index contributed by atoms with van der Waals surface area (Å²) in [5.74, 6) is 0. The Bertz CT molecular complexity index is 1180.